The Morgan fingerprint density at radius 3 is 2.72 bits per heavy atom. The number of piperidine rings is 1. The molecule has 32 heavy (non-hydrogen) atoms. The zero-order valence-corrected chi connectivity index (χ0v) is 18.3. The van der Waals surface area contributed by atoms with E-state index in [2.05, 4.69) is 4.90 Å². The summed E-state index contributed by atoms with van der Waals surface area (Å²) in [7, 11) is 0. The molecule has 1 amide bonds. The van der Waals surface area contributed by atoms with Crippen LogP contribution in [-0.2, 0) is 21.4 Å². The number of hydrogen-bond acceptors (Lipinski definition) is 6. The van der Waals surface area contributed by atoms with Gasteiger partial charge in [-0.1, -0.05) is 6.07 Å². The second-order valence-corrected chi connectivity index (χ2v) is 10.9. The van der Waals surface area contributed by atoms with Crippen LogP contribution in [0.2, 0.25) is 0 Å². The topological polar surface area (TPSA) is 90.3 Å². The molecule has 0 radical (unpaired) electrons. The van der Waals surface area contributed by atoms with Crippen molar-refractivity contribution in [3.63, 3.8) is 0 Å². The van der Waals surface area contributed by atoms with Crippen LogP contribution in [0.5, 0.6) is 11.5 Å². The zero-order valence-electron chi connectivity index (χ0n) is 18.3. The summed E-state index contributed by atoms with van der Waals surface area (Å²) in [6.07, 6.45) is 4.90. The van der Waals surface area contributed by atoms with E-state index in [1.54, 1.807) is 11.0 Å². The molecule has 1 aromatic carbocycles. The molecule has 0 aromatic heterocycles. The maximum Gasteiger partial charge on any atom is 0.233 e. The molecule has 3 aliphatic heterocycles. The highest BCUT2D eigenvalue weighted by atomic mass is 16.5. The van der Waals surface area contributed by atoms with Crippen LogP contribution in [0.1, 0.15) is 49.7 Å². The maximum atomic E-state index is 13.8. The molecule has 3 aliphatic carbocycles. The Balaban J connectivity index is 1.38. The highest BCUT2D eigenvalue weighted by molar-refractivity contribution is 6.06. The Hall–Kier alpha value is -2.12. The van der Waals surface area contributed by atoms with Crippen LogP contribution >= 0.6 is 0 Å². The van der Waals surface area contributed by atoms with Crippen LogP contribution in [0.4, 0.5) is 0 Å². The molecule has 170 valence electrons. The van der Waals surface area contributed by atoms with Gasteiger partial charge in [0.1, 0.15) is 5.92 Å². The van der Waals surface area contributed by atoms with Gasteiger partial charge >= 0.3 is 0 Å². The van der Waals surface area contributed by atoms with Crippen molar-refractivity contribution in [2.24, 2.45) is 11.8 Å². The van der Waals surface area contributed by atoms with Crippen molar-refractivity contribution in [2.45, 2.75) is 68.1 Å². The highest BCUT2D eigenvalue weighted by Crippen LogP contribution is 2.65. The molecule has 1 aromatic rings. The number of nitrogens with zero attached hydrogens (tertiary/aromatic N) is 2. The fraction of sp³-hybridized carbons (Fsp3) is 0.680. The Morgan fingerprint density at radius 2 is 1.97 bits per heavy atom. The van der Waals surface area contributed by atoms with Crippen molar-refractivity contribution < 1.29 is 24.5 Å². The first kappa shape index (κ1) is 19.4. The molecule has 2 saturated heterocycles. The quantitative estimate of drug-likeness (QED) is 0.693. The van der Waals surface area contributed by atoms with E-state index < -0.39 is 23.0 Å². The van der Waals surface area contributed by atoms with E-state index in [1.807, 2.05) is 6.07 Å². The van der Waals surface area contributed by atoms with Crippen LogP contribution in [0.3, 0.4) is 0 Å². The lowest BCUT2D eigenvalue weighted by Crippen LogP contribution is -2.78. The summed E-state index contributed by atoms with van der Waals surface area (Å²) < 4.78 is 6.21. The molecule has 7 rings (SSSR count). The summed E-state index contributed by atoms with van der Waals surface area (Å²) in [6.45, 7) is 3.13. The number of carbonyl (C=O) groups is 2. The van der Waals surface area contributed by atoms with E-state index in [9.17, 15) is 19.8 Å². The van der Waals surface area contributed by atoms with Crippen molar-refractivity contribution in [2.75, 3.05) is 26.2 Å². The van der Waals surface area contributed by atoms with Gasteiger partial charge in [0.2, 0.25) is 5.91 Å². The molecule has 1 unspecified atom stereocenters. The number of likely N-dealkylation sites (tertiary alicyclic amines) is 2. The number of rotatable bonds is 3. The van der Waals surface area contributed by atoms with Gasteiger partial charge in [0.05, 0.1) is 11.0 Å². The van der Waals surface area contributed by atoms with Crippen LogP contribution in [0.25, 0.3) is 0 Å². The van der Waals surface area contributed by atoms with Gasteiger partial charge in [-0.05, 0) is 69.0 Å². The highest BCUT2D eigenvalue weighted by Gasteiger charge is 2.75. The van der Waals surface area contributed by atoms with E-state index in [1.165, 1.54) is 12.8 Å². The molecule has 5 atom stereocenters. The molecule has 1 spiro atoms. The molecule has 7 heteroatoms. The number of ether oxygens (including phenoxy) is 1. The summed E-state index contributed by atoms with van der Waals surface area (Å²) in [6, 6.07) is 3.43. The van der Waals surface area contributed by atoms with Gasteiger partial charge in [0.25, 0.3) is 0 Å². The normalized spacial score (nSPS) is 39.7. The smallest absolute Gasteiger partial charge is 0.233 e. The lowest BCUT2D eigenvalue weighted by molar-refractivity contribution is -0.200. The van der Waals surface area contributed by atoms with E-state index in [-0.39, 0.29) is 29.9 Å². The molecule has 3 heterocycles. The SMILES string of the molecule is O=C1C(C(=O)N2CCCC2)C[C@@]2(O)[C@H]3Cc4ccc(O)c5c4[C@@]2(CCN3CC2CC2)[C@H]1O5. The summed E-state index contributed by atoms with van der Waals surface area (Å²) in [5.74, 6) is -0.196. The standard InChI is InChI=1S/C25H30N2O5/c28-17-6-5-15-11-18-25(31)12-16(23(30)26-8-1-2-9-26)20(29)22-24(25,19(15)21(17)32-22)7-10-27(18)13-14-3-4-14/h5-6,14,16,18,22,28,31H,1-4,7-13H2/t16?,18-,22+,24+,25-/m1/s1. The molecular weight excluding hydrogens is 408 g/mol. The average Bonchev–Trinajstić information content (AvgIpc) is 3.28. The van der Waals surface area contributed by atoms with Gasteiger partial charge in [-0.25, -0.2) is 0 Å². The third-order valence-corrected chi connectivity index (χ3v) is 9.35. The van der Waals surface area contributed by atoms with Gasteiger partial charge in [-0.2, -0.15) is 0 Å². The summed E-state index contributed by atoms with van der Waals surface area (Å²) in [5.41, 5.74) is -0.219. The number of ketones is 1. The predicted octanol–water partition coefficient (Wildman–Crippen LogP) is 1.37. The first-order valence-corrected chi connectivity index (χ1v) is 12.2. The Kier molecular flexibility index (Phi) is 3.79. The monoisotopic (exact) mass is 438 g/mol. The number of phenols is 1. The van der Waals surface area contributed by atoms with Crippen LogP contribution < -0.4 is 4.74 Å². The molecule has 4 fully saturated rings. The first-order valence-electron chi connectivity index (χ1n) is 12.2. The van der Waals surface area contributed by atoms with Gasteiger partial charge in [-0.3, -0.25) is 14.5 Å². The lowest BCUT2D eigenvalue weighted by Gasteiger charge is -2.63. The third kappa shape index (κ3) is 2.24. The number of aromatic hydroxyl groups is 1. The minimum Gasteiger partial charge on any atom is -0.504 e. The van der Waals surface area contributed by atoms with Crippen molar-refractivity contribution in [1.82, 2.24) is 9.80 Å². The van der Waals surface area contributed by atoms with Gasteiger partial charge in [-0.15, -0.1) is 0 Å². The second-order valence-electron chi connectivity index (χ2n) is 10.9. The van der Waals surface area contributed by atoms with Crippen molar-refractivity contribution in [3.8, 4) is 11.5 Å². The van der Waals surface area contributed by atoms with Crippen molar-refractivity contribution >= 4 is 11.7 Å². The average molecular weight is 439 g/mol. The number of Topliss-reactive ketones (excluding diaryl/α,β-unsaturated/α-hetero) is 1. The number of aliphatic hydroxyl groups is 1. The number of phenolic OH excluding ortho intramolecular Hbond substituents is 1. The summed E-state index contributed by atoms with van der Waals surface area (Å²) >= 11 is 0. The van der Waals surface area contributed by atoms with Crippen LogP contribution in [0.15, 0.2) is 12.1 Å². The second kappa shape index (κ2) is 6.26. The molecule has 2 saturated carbocycles. The Bertz CT molecular complexity index is 1030. The lowest BCUT2D eigenvalue weighted by atomic mass is 9.47. The summed E-state index contributed by atoms with van der Waals surface area (Å²) in [5, 5.41) is 23.2. The number of benzene rings is 1. The third-order valence-electron chi connectivity index (χ3n) is 9.35. The van der Waals surface area contributed by atoms with E-state index in [4.69, 9.17) is 4.74 Å². The molecule has 2 bridgehead atoms. The van der Waals surface area contributed by atoms with Gasteiger partial charge in [0.15, 0.2) is 23.4 Å². The van der Waals surface area contributed by atoms with Gasteiger partial charge in [0, 0.05) is 31.2 Å². The van der Waals surface area contributed by atoms with E-state index in [0.717, 1.165) is 37.1 Å². The summed E-state index contributed by atoms with van der Waals surface area (Å²) in [4.78, 5) is 31.4. The molecular formula is C25H30N2O5. The number of hydrogen-bond donors (Lipinski definition) is 2. The Morgan fingerprint density at radius 1 is 1.19 bits per heavy atom. The van der Waals surface area contributed by atoms with Crippen LogP contribution in [-0.4, -0.2) is 75.6 Å². The fourth-order valence-corrected chi connectivity index (χ4v) is 7.67. The van der Waals surface area contributed by atoms with E-state index in [0.29, 0.717) is 37.6 Å². The zero-order chi connectivity index (χ0) is 21.8. The molecule has 2 N–H and O–H groups in total. The predicted molar refractivity (Wildman–Crippen MR) is 114 cm³/mol. The number of amides is 1. The van der Waals surface area contributed by atoms with Crippen molar-refractivity contribution in [3.05, 3.63) is 23.3 Å². The minimum absolute atomic E-state index is 0.0176. The maximum absolute atomic E-state index is 13.8. The molecule has 6 aliphatic rings. The first-order chi connectivity index (χ1) is 15.4. The molecule has 7 nitrogen and oxygen atoms in total. The van der Waals surface area contributed by atoms with Crippen LogP contribution in [0, 0.1) is 11.8 Å². The minimum atomic E-state index is -1.23. The largest absolute Gasteiger partial charge is 0.504 e. The Labute approximate surface area is 187 Å². The van der Waals surface area contributed by atoms with E-state index >= 15 is 0 Å². The van der Waals surface area contributed by atoms with Crippen molar-refractivity contribution in [1.29, 1.82) is 0 Å². The fourth-order valence-electron chi connectivity index (χ4n) is 7.67. The number of carbonyl (C=O) groups excluding carboxylic acids is 2. The van der Waals surface area contributed by atoms with Gasteiger partial charge < -0.3 is 19.8 Å².